The molecule has 20 heavy (non-hydrogen) atoms. The van der Waals surface area contributed by atoms with Gasteiger partial charge in [0.15, 0.2) is 0 Å². The van der Waals surface area contributed by atoms with Crippen molar-refractivity contribution in [1.82, 2.24) is 4.31 Å². The number of carbonyl (C=O) groups is 1. The van der Waals surface area contributed by atoms with Gasteiger partial charge in [0.05, 0.1) is 15.5 Å². The van der Waals surface area contributed by atoms with E-state index in [1.807, 2.05) is 13.8 Å². The second-order valence-corrected chi connectivity index (χ2v) is 6.84. The highest BCUT2D eigenvalue weighted by Gasteiger charge is 2.27. The topological polar surface area (TPSA) is 74.7 Å². The van der Waals surface area contributed by atoms with Crippen LogP contribution in [0.5, 0.6) is 0 Å². The molecule has 5 nitrogen and oxygen atoms in total. The van der Waals surface area contributed by atoms with Crippen LogP contribution in [0.15, 0.2) is 23.1 Å². The average molecular weight is 320 g/mol. The molecule has 0 heterocycles. The van der Waals surface area contributed by atoms with Crippen molar-refractivity contribution >= 4 is 27.6 Å². The lowest BCUT2D eigenvalue weighted by atomic mass is 10.2. The van der Waals surface area contributed by atoms with Crippen molar-refractivity contribution in [3.05, 3.63) is 28.8 Å². The monoisotopic (exact) mass is 319 g/mol. The molecule has 0 unspecified atom stereocenters. The predicted octanol–water partition coefficient (Wildman–Crippen LogP) is 2.85. The van der Waals surface area contributed by atoms with Gasteiger partial charge in [-0.05, 0) is 31.0 Å². The molecule has 0 aliphatic carbocycles. The van der Waals surface area contributed by atoms with Gasteiger partial charge in [0, 0.05) is 13.1 Å². The fourth-order valence-electron chi connectivity index (χ4n) is 2.00. The number of sulfonamides is 1. The number of benzene rings is 1. The number of rotatable bonds is 6. The van der Waals surface area contributed by atoms with Crippen LogP contribution in [0.25, 0.3) is 0 Å². The van der Waals surface area contributed by atoms with Crippen LogP contribution in [0.2, 0.25) is 5.02 Å². The molecule has 0 aliphatic rings. The van der Waals surface area contributed by atoms with E-state index in [2.05, 4.69) is 0 Å². The quantitative estimate of drug-likeness (QED) is 0.875. The van der Waals surface area contributed by atoms with Crippen LogP contribution in [-0.2, 0) is 10.0 Å². The normalized spacial score (nSPS) is 12.1. The minimum Gasteiger partial charge on any atom is -0.478 e. The Morgan fingerprint density at radius 2 is 1.90 bits per heavy atom. The van der Waals surface area contributed by atoms with E-state index in [1.165, 1.54) is 29.6 Å². The van der Waals surface area contributed by atoms with E-state index in [4.69, 9.17) is 16.7 Å². The summed E-state index contributed by atoms with van der Waals surface area (Å²) in [6.45, 7) is 3.83. The number of aromatic carboxylic acids is 1. The van der Waals surface area contributed by atoms with Crippen molar-refractivity contribution in [2.45, 2.75) is 37.6 Å². The molecule has 112 valence electrons. The zero-order valence-corrected chi connectivity index (χ0v) is 13.2. The van der Waals surface area contributed by atoms with Gasteiger partial charge in [-0.2, -0.15) is 4.31 Å². The third kappa shape index (κ3) is 3.31. The highest BCUT2D eigenvalue weighted by Crippen LogP contribution is 2.24. The van der Waals surface area contributed by atoms with Gasteiger partial charge in [-0.1, -0.05) is 25.4 Å². The Labute approximate surface area is 124 Å². The van der Waals surface area contributed by atoms with Crippen molar-refractivity contribution in [2.75, 3.05) is 7.05 Å². The highest BCUT2D eigenvalue weighted by molar-refractivity contribution is 7.89. The smallest absolute Gasteiger partial charge is 0.337 e. The Bertz CT molecular complexity index is 596. The Hall–Kier alpha value is -1.11. The third-order valence-corrected chi connectivity index (χ3v) is 5.52. The zero-order valence-electron chi connectivity index (χ0n) is 11.6. The molecule has 0 radical (unpaired) electrons. The van der Waals surface area contributed by atoms with Crippen molar-refractivity contribution < 1.29 is 18.3 Å². The summed E-state index contributed by atoms with van der Waals surface area (Å²) in [4.78, 5) is 10.9. The zero-order chi connectivity index (χ0) is 15.5. The lowest BCUT2D eigenvalue weighted by Gasteiger charge is -2.25. The fourth-order valence-corrected chi connectivity index (χ4v) is 3.85. The molecule has 1 aromatic carbocycles. The van der Waals surface area contributed by atoms with Gasteiger partial charge in [0.2, 0.25) is 10.0 Å². The van der Waals surface area contributed by atoms with Crippen molar-refractivity contribution in [3.8, 4) is 0 Å². The molecule has 0 aromatic heterocycles. The molecule has 0 atom stereocenters. The van der Waals surface area contributed by atoms with Gasteiger partial charge in [-0.3, -0.25) is 0 Å². The maximum atomic E-state index is 12.4. The number of nitrogens with zero attached hydrogens (tertiary/aromatic N) is 1. The minimum atomic E-state index is -3.67. The molecule has 7 heteroatoms. The number of hydrogen-bond donors (Lipinski definition) is 1. The molecule has 0 bridgehead atoms. The van der Waals surface area contributed by atoms with Gasteiger partial charge in [-0.25, -0.2) is 13.2 Å². The summed E-state index contributed by atoms with van der Waals surface area (Å²) < 4.78 is 26.2. The van der Waals surface area contributed by atoms with E-state index < -0.39 is 16.0 Å². The summed E-state index contributed by atoms with van der Waals surface area (Å²) in [6, 6.07) is 3.55. The maximum Gasteiger partial charge on any atom is 0.337 e. The molecule has 1 aromatic rings. The molecule has 0 saturated heterocycles. The Morgan fingerprint density at radius 1 is 1.35 bits per heavy atom. The minimum absolute atomic E-state index is 0.00176. The van der Waals surface area contributed by atoms with Crippen molar-refractivity contribution in [3.63, 3.8) is 0 Å². The largest absolute Gasteiger partial charge is 0.478 e. The van der Waals surface area contributed by atoms with E-state index in [0.29, 0.717) is 12.8 Å². The van der Waals surface area contributed by atoms with Crippen molar-refractivity contribution in [1.29, 1.82) is 0 Å². The molecule has 0 spiro atoms. The average Bonchev–Trinajstić information content (AvgIpc) is 2.39. The Balaban J connectivity index is 3.23. The van der Waals surface area contributed by atoms with Crippen LogP contribution in [0.3, 0.4) is 0 Å². The Morgan fingerprint density at radius 3 is 2.30 bits per heavy atom. The van der Waals surface area contributed by atoms with Crippen LogP contribution in [0, 0.1) is 0 Å². The molecule has 0 aliphatic heterocycles. The van der Waals surface area contributed by atoms with E-state index in [0.717, 1.165) is 0 Å². The Kier molecular flexibility index (Phi) is 5.56. The number of halogens is 1. The molecular formula is C13H18ClNO4S. The maximum absolute atomic E-state index is 12.4. The first kappa shape index (κ1) is 16.9. The summed E-state index contributed by atoms with van der Waals surface area (Å²) in [6.07, 6.45) is 1.40. The molecule has 1 N–H and O–H groups in total. The second-order valence-electron chi connectivity index (χ2n) is 4.44. The molecule has 0 fully saturated rings. The van der Waals surface area contributed by atoms with E-state index >= 15 is 0 Å². The van der Waals surface area contributed by atoms with Gasteiger partial charge in [0.1, 0.15) is 0 Å². The predicted molar refractivity (Wildman–Crippen MR) is 77.7 cm³/mol. The molecular weight excluding hydrogens is 302 g/mol. The standard InChI is InChI=1S/C13H18ClNO4S/c1-4-9(5-2)15(3)20(18,19)10-6-7-11(13(16)17)12(14)8-10/h6-9H,4-5H2,1-3H3,(H,16,17). The van der Waals surface area contributed by atoms with E-state index in [1.54, 1.807) is 0 Å². The first-order valence-corrected chi connectivity index (χ1v) is 8.08. The van der Waals surface area contributed by atoms with E-state index in [-0.39, 0.29) is 21.5 Å². The van der Waals surface area contributed by atoms with Crippen LogP contribution >= 0.6 is 11.6 Å². The lowest BCUT2D eigenvalue weighted by Crippen LogP contribution is -2.36. The van der Waals surface area contributed by atoms with Crippen molar-refractivity contribution in [2.24, 2.45) is 0 Å². The summed E-state index contributed by atoms with van der Waals surface area (Å²) in [7, 11) is -2.15. The summed E-state index contributed by atoms with van der Waals surface area (Å²) in [5.74, 6) is -1.19. The van der Waals surface area contributed by atoms with Gasteiger partial charge in [0.25, 0.3) is 0 Å². The van der Waals surface area contributed by atoms with Gasteiger partial charge < -0.3 is 5.11 Å². The summed E-state index contributed by atoms with van der Waals surface area (Å²) in [5, 5.41) is 8.80. The first-order valence-electron chi connectivity index (χ1n) is 6.26. The number of carboxylic acid groups (broad SMARTS) is 1. The fraction of sp³-hybridized carbons (Fsp3) is 0.462. The van der Waals surface area contributed by atoms with Gasteiger partial charge >= 0.3 is 5.97 Å². The highest BCUT2D eigenvalue weighted by atomic mass is 35.5. The molecule has 0 amide bonds. The van der Waals surface area contributed by atoms with E-state index in [9.17, 15) is 13.2 Å². The lowest BCUT2D eigenvalue weighted by molar-refractivity contribution is 0.0697. The SMILES string of the molecule is CCC(CC)N(C)S(=O)(=O)c1ccc(C(=O)O)c(Cl)c1. The number of carboxylic acids is 1. The van der Waals surface area contributed by atoms with Crippen LogP contribution < -0.4 is 0 Å². The third-order valence-electron chi connectivity index (χ3n) is 3.30. The summed E-state index contributed by atoms with van der Waals surface area (Å²) in [5.41, 5.74) is -0.115. The summed E-state index contributed by atoms with van der Waals surface area (Å²) >= 11 is 5.82. The van der Waals surface area contributed by atoms with Crippen LogP contribution in [0.4, 0.5) is 0 Å². The number of hydrogen-bond acceptors (Lipinski definition) is 3. The molecule has 1 rings (SSSR count). The molecule has 0 saturated carbocycles. The van der Waals surface area contributed by atoms with Crippen LogP contribution in [-0.4, -0.2) is 36.9 Å². The second kappa shape index (κ2) is 6.56. The first-order chi connectivity index (χ1) is 9.25. The van der Waals surface area contributed by atoms with Crippen LogP contribution in [0.1, 0.15) is 37.0 Å². The van der Waals surface area contributed by atoms with Gasteiger partial charge in [-0.15, -0.1) is 0 Å².